The van der Waals surface area contributed by atoms with Gasteiger partial charge >= 0.3 is 0 Å². The van der Waals surface area contributed by atoms with Gasteiger partial charge in [-0.15, -0.1) is 0 Å². The molecule has 0 aromatic carbocycles. The third-order valence-corrected chi connectivity index (χ3v) is 3.32. The van der Waals surface area contributed by atoms with E-state index in [0.29, 0.717) is 6.61 Å². The Morgan fingerprint density at radius 1 is 1.20 bits per heavy atom. The topological polar surface area (TPSA) is 33.4 Å². The standard InChI is InChI=1S/C12H20O2S/c1-2-11-6-7-12(14-11)10-15-9-5-3-4-8-13/h6-7,13H,2-5,8-10H2,1H3. The van der Waals surface area contributed by atoms with Crippen molar-refractivity contribution in [2.45, 2.75) is 38.4 Å². The second-order valence-corrected chi connectivity index (χ2v) is 4.66. The summed E-state index contributed by atoms with van der Waals surface area (Å²) in [6.45, 7) is 2.42. The van der Waals surface area contributed by atoms with Crippen molar-refractivity contribution in [2.75, 3.05) is 12.4 Å². The van der Waals surface area contributed by atoms with E-state index in [1.165, 1.54) is 6.42 Å². The quantitative estimate of drug-likeness (QED) is 0.693. The molecule has 0 aliphatic rings. The monoisotopic (exact) mass is 228 g/mol. The van der Waals surface area contributed by atoms with E-state index in [1.807, 2.05) is 11.8 Å². The zero-order valence-corrected chi connectivity index (χ0v) is 10.2. The Kier molecular flexibility index (Phi) is 6.60. The Balaban J connectivity index is 2.04. The first-order chi connectivity index (χ1) is 7.36. The summed E-state index contributed by atoms with van der Waals surface area (Å²) in [6, 6.07) is 4.13. The van der Waals surface area contributed by atoms with Crippen molar-refractivity contribution in [2.24, 2.45) is 0 Å². The molecule has 1 N–H and O–H groups in total. The zero-order valence-electron chi connectivity index (χ0n) is 9.37. The smallest absolute Gasteiger partial charge is 0.114 e. The summed E-state index contributed by atoms with van der Waals surface area (Å²) in [5, 5.41) is 8.61. The highest BCUT2D eigenvalue weighted by Crippen LogP contribution is 2.17. The van der Waals surface area contributed by atoms with Gasteiger partial charge in [-0.05, 0) is 30.7 Å². The lowest BCUT2D eigenvalue weighted by atomic mass is 10.3. The number of aliphatic hydroxyl groups is 1. The summed E-state index contributed by atoms with van der Waals surface area (Å²) in [4.78, 5) is 0. The second-order valence-electron chi connectivity index (χ2n) is 3.56. The van der Waals surface area contributed by atoms with Gasteiger partial charge in [0, 0.05) is 13.0 Å². The molecule has 3 heteroatoms. The van der Waals surface area contributed by atoms with E-state index < -0.39 is 0 Å². The van der Waals surface area contributed by atoms with E-state index in [1.54, 1.807) is 0 Å². The van der Waals surface area contributed by atoms with E-state index in [4.69, 9.17) is 9.52 Å². The normalized spacial score (nSPS) is 10.8. The Morgan fingerprint density at radius 2 is 2.00 bits per heavy atom. The molecular weight excluding hydrogens is 208 g/mol. The van der Waals surface area contributed by atoms with Gasteiger partial charge in [0.2, 0.25) is 0 Å². The van der Waals surface area contributed by atoms with Crippen LogP contribution in [0.4, 0.5) is 0 Å². The van der Waals surface area contributed by atoms with E-state index in [-0.39, 0.29) is 0 Å². The highest BCUT2D eigenvalue weighted by Gasteiger charge is 2.00. The fraction of sp³-hybridized carbons (Fsp3) is 0.667. The second kappa shape index (κ2) is 7.83. The van der Waals surface area contributed by atoms with Gasteiger partial charge in [0.25, 0.3) is 0 Å². The number of aliphatic hydroxyl groups excluding tert-OH is 1. The van der Waals surface area contributed by atoms with E-state index >= 15 is 0 Å². The summed E-state index contributed by atoms with van der Waals surface area (Å²) in [5.41, 5.74) is 0. The van der Waals surface area contributed by atoms with Crippen LogP contribution in [0.25, 0.3) is 0 Å². The fourth-order valence-corrected chi connectivity index (χ4v) is 2.26. The highest BCUT2D eigenvalue weighted by molar-refractivity contribution is 7.98. The molecule has 0 aliphatic heterocycles. The van der Waals surface area contributed by atoms with Crippen LogP contribution in [0.15, 0.2) is 16.5 Å². The first kappa shape index (κ1) is 12.7. The molecule has 0 radical (unpaired) electrons. The lowest BCUT2D eigenvalue weighted by Crippen LogP contribution is -1.86. The molecule has 0 saturated heterocycles. The van der Waals surface area contributed by atoms with Crippen molar-refractivity contribution < 1.29 is 9.52 Å². The average molecular weight is 228 g/mol. The minimum absolute atomic E-state index is 0.322. The van der Waals surface area contributed by atoms with Crippen molar-refractivity contribution >= 4 is 11.8 Å². The van der Waals surface area contributed by atoms with Crippen LogP contribution in [0, 0.1) is 0 Å². The number of unbranched alkanes of at least 4 members (excludes halogenated alkanes) is 2. The molecule has 0 amide bonds. The average Bonchev–Trinajstić information content (AvgIpc) is 2.71. The molecule has 1 rings (SSSR count). The zero-order chi connectivity index (χ0) is 10.9. The van der Waals surface area contributed by atoms with Crippen LogP contribution in [0.2, 0.25) is 0 Å². The molecular formula is C12H20O2S. The first-order valence-corrected chi connectivity index (χ1v) is 6.78. The Bertz CT molecular complexity index is 258. The largest absolute Gasteiger partial charge is 0.465 e. The summed E-state index contributed by atoms with van der Waals surface area (Å²) in [5.74, 6) is 4.28. The molecule has 1 heterocycles. The van der Waals surface area contributed by atoms with E-state index in [0.717, 1.165) is 42.3 Å². The van der Waals surface area contributed by atoms with Crippen LogP contribution in [-0.4, -0.2) is 17.5 Å². The number of hydrogen-bond acceptors (Lipinski definition) is 3. The number of thioether (sulfide) groups is 1. The Labute approximate surface area is 96.1 Å². The number of rotatable bonds is 8. The molecule has 0 spiro atoms. The number of aryl methyl sites for hydroxylation is 1. The van der Waals surface area contributed by atoms with Crippen LogP contribution in [-0.2, 0) is 12.2 Å². The van der Waals surface area contributed by atoms with Crippen molar-refractivity contribution in [3.8, 4) is 0 Å². The maximum atomic E-state index is 8.61. The summed E-state index contributed by atoms with van der Waals surface area (Å²) in [7, 11) is 0. The molecule has 1 aromatic rings. The summed E-state index contributed by atoms with van der Waals surface area (Å²) >= 11 is 1.91. The van der Waals surface area contributed by atoms with Gasteiger partial charge in [-0.2, -0.15) is 11.8 Å². The molecule has 0 aliphatic carbocycles. The van der Waals surface area contributed by atoms with Crippen molar-refractivity contribution in [3.63, 3.8) is 0 Å². The third kappa shape index (κ3) is 5.28. The van der Waals surface area contributed by atoms with Crippen LogP contribution in [0.1, 0.15) is 37.7 Å². The van der Waals surface area contributed by atoms with Gasteiger partial charge in [0.15, 0.2) is 0 Å². The third-order valence-electron chi connectivity index (χ3n) is 2.26. The summed E-state index contributed by atoms with van der Waals surface area (Å²) in [6.07, 6.45) is 4.22. The maximum Gasteiger partial charge on any atom is 0.114 e. The predicted molar refractivity (Wildman–Crippen MR) is 65.2 cm³/mol. The lowest BCUT2D eigenvalue weighted by Gasteiger charge is -1.99. The molecule has 0 unspecified atom stereocenters. The van der Waals surface area contributed by atoms with Crippen molar-refractivity contribution in [1.29, 1.82) is 0 Å². The van der Waals surface area contributed by atoms with Gasteiger partial charge in [-0.1, -0.05) is 13.3 Å². The van der Waals surface area contributed by atoms with E-state index in [9.17, 15) is 0 Å². The number of hydrogen-bond donors (Lipinski definition) is 1. The molecule has 0 bridgehead atoms. The van der Waals surface area contributed by atoms with Crippen LogP contribution < -0.4 is 0 Å². The fourth-order valence-electron chi connectivity index (χ4n) is 1.36. The molecule has 0 atom stereocenters. The highest BCUT2D eigenvalue weighted by atomic mass is 32.2. The number of furan rings is 1. The molecule has 0 fully saturated rings. The van der Waals surface area contributed by atoms with Crippen LogP contribution in [0.3, 0.4) is 0 Å². The van der Waals surface area contributed by atoms with Crippen LogP contribution >= 0.6 is 11.8 Å². The van der Waals surface area contributed by atoms with Crippen molar-refractivity contribution in [1.82, 2.24) is 0 Å². The van der Waals surface area contributed by atoms with Gasteiger partial charge in [-0.25, -0.2) is 0 Å². The Morgan fingerprint density at radius 3 is 2.67 bits per heavy atom. The molecule has 1 aromatic heterocycles. The lowest BCUT2D eigenvalue weighted by molar-refractivity contribution is 0.284. The van der Waals surface area contributed by atoms with Gasteiger partial charge in [0.05, 0.1) is 5.75 Å². The minimum atomic E-state index is 0.322. The van der Waals surface area contributed by atoms with Gasteiger partial charge in [0.1, 0.15) is 11.5 Å². The molecule has 0 saturated carbocycles. The maximum absolute atomic E-state index is 8.61. The SMILES string of the molecule is CCc1ccc(CSCCCCCO)o1. The predicted octanol–water partition coefficient (Wildman–Crippen LogP) is 3.24. The van der Waals surface area contributed by atoms with Crippen LogP contribution in [0.5, 0.6) is 0 Å². The minimum Gasteiger partial charge on any atom is -0.465 e. The van der Waals surface area contributed by atoms with Crippen molar-refractivity contribution in [3.05, 3.63) is 23.7 Å². The van der Waals surface area contributed by atoms with Gasteiger partial charge in [-0.3, -0.25) is 0 Å². The Hall–Kier alpha value is -0.410. The van der Waals surface area contributed by atoms with E-state index in [2.05, 4.69) is 19.1 Å². The molecule has 15 heavy (non-hydrogen) atoms. The molecule has 86 valence electrons. The summed E-state index contributed by atoms with van der Waals surface area (Å²) < 4.78 is 5.60. The molecule has 2 nitrogen and oxygen atoms in total. The van der Waals surface area contributed by atoms with Gasteiger partial charge < -0.3 is 9.52 Å². The first-order valence-electron chi connectivity index (χ1n) is 5.63.